The van der Waals surface area contributed by atoms with Crippen LogP contribution in [-0.2, 0) is 6.54 Å². The second kappa shape index (κ2) is 6.72. The van der Waals surface area contributed by atoms with Crippen LogP contribution in [0.1, 0.15) is 18.9 Å². The van der Waals surface area contributed by atoms with E-state index in [2.05, 4.69) is 41.5 Å². The van der Waals surface area contributed by atoms with Gasteiger partial charge in [-0.1, -0.05) is 25.1 Å². The molecule has 0 aliphatic carbocycles. The smallest absolute Gasteiger partial charge is 0.0705 e. The molecule has 2 nitrogen and oxygen atoms in total. The lowest BCUT2D eigenvalue weighted by molar-refractivity contribution is 0.502. The maximum atomic E-state index is 5.73. The Morgan fingerprint density at radius 1 is 1.28 bits per heavy atom. The van der Waals surface area contributed by atoms with Crippen LogP contribution >= 0.6 is 11.6 Å². The second-order valence-corrected chi connectivity index (χ2v) is 5.08. The fourth-order valence-corrected chi connectivity index (χ4v) is 2.42. The number of aromatic nitrogens is 1. The fourth-order valence-electron chi connectivity index (χ4n) is 2.05. The SMILES string of the molecule is CC(CCCl)CNCc1ccnc2ccccc12. The summed E-state index contributed by atoms with van der Waals surface area (Å²) in [6.45, 7) is 4.11. The summed E-state index contributed by atoms with van der Waals surface area (Å²) >= 11 is 5.73. The Labute approximate surface area is 113 Å². The van der Waals surface area contributed by atoms with Gasteiger partial charge in [-0.25, -0.2) is 0 Å². The van der Waals surface area contributed by atoms with E-state index in [1.807, 2.05) is 12.3 Å². The van der Waals surface area contributed by atoms with Gasteiger partial charge in [-0.05, 0) is 36.6 Å². The Hall–Kier alpha value is -1.12. The Kier molecular flexibility index (Phi) is 4.97. The molecule has 0 aliphatic heterocycles. The summed E-state index contributed by atoms with van der Waals surface area (Å²) < 4.78 is 0. The van der Waals surface area contributed by atoms with E-state index in [4.69, 9.17) is 11.6 Å². The summed E-state index contributed by atoms with van der Waals surface area (Å²) in [5, 5.41) is 4.73. The number of fused-ring (bicyclic) bond motifs is 1. The van der Waals surface area contributed by atoms with E-state index in [0.717, 1.165) is 30.9 Å². The molecule has 0 amide bonds. The minimum atomic E-state index is 0.621. The molecule has 1 aromatic carbocycles. The second-order valence-electron chi connectivity index (χ2n) is 4.70. The summed E-state index contributed by atoms with van der Waals surface area (Å²) in [6.07, 6.45) is 2.94. The third kappa shape index (κ3) is 3.44. The summed E-state index contributed by atoms with van der Waals surface area (Å²) in [4.78, 5) is 4.37. The van der Waals surface area contributed by atoms with Crippen LogP contribution in [0.5, 0.6) is 0 Å². The van der Waals surface area contributed by atoms with E-state index >= 15 is 0 Å². The van der Waals surface area contributed by atoms with E-state index in [1.54, 1.807) is 0 Å². The zero-order chi connectivity index (χ0) is 12.8. The molecular weight excluding hydrogens is 244 g/mol. The van der Waals surface area contributed by atoms with E-state index in [-0.39, 0.29) is 0 Å². The number of hydrogen-bond acceptors (Lipinski definition) is 2. The zero-order valence-electron chi connectivity index (χ0n) is 10.7. The Bertz CT molecular complexity index is 493. The number of pyridine rings is 1. The van der Waals surface area contributed by atoms with Crippen LogP contribution in [0.15, 0.2) is 36.5 Å². The molecule has 0 saturated carbocycles. The summed E-state index contributed by atoms with van der Waals surface area (Å²) in [6, 6.07) is 10.3. The van der Waals surface area contributed by atoms with Gasteiger partial charge >= 0.3 is 0 Å². The molecule has 2 rings (SSSR count). The number of nitrogens with one attached hydrogen (secondary N) is 1. The van der Waals surface area contributed by atoms with Gasteiger partial charge in [0.15, 0.2) is 0 Å². The molecule has 18 heavy (non-hydrogen) atoms. The van der Waals surface area contributed by atoms with Crippen LogP contribution in [0.3, 0.4) is 0 Å². The molecule has 1 aromatic heterocycles. The number of halogens is 1. The Morgan fingerprint density at radius 3 is 2.94 bits per heavy atom. The van der Waals surface area contributed by atoms with Gasteiger partial charge in [0.2, 0.25) is 0 Å². The molecule has 96 valence electrons. The van der Waals surface area contributed by atoms with Crippen LogP contribution < -0.4 is 5.32 Å². The van der Waals surface area contributed by atoms with Crippen molar-refractivity contribution in [3.8, 4) is 0 Å². The van der Waals surface area contributed by atoms with Crippen LogP contribution in [0, 0.1) is 5.92 Å². The highest BCUT2D eigenvalue weighted by atomic mass is 35.5. The number of alkyl halides is 1. The lowest BCUT2D eigenvalue weighted by atomic mass is 10.1. The molecule has 1 heterocycles. The van der Waals surface area contributed by atoms with Gasteiger partial charge in [-0.15, -0.1) is 11.6 Å². The van der Waals surface area contributed by atoms with Gasteiger partial charge < -0.3 is 5.32 Å². The van der Waals surface area contributed by atoms with Crippen LogP contribution in [0.4, 0.5) is 0 Å². The van der Waals surface area contributed by atoms with Gasteiger partial charge in [0.25, 0.3) is 0 Å². The molecular formula is C15H19ClN2. The lowest BCUT2D eigenvalue weighted by Gasteiger charge is -2.12. The largest absolute Gasteiger partial charge is 0.312 e. The Morgan fingerprint density at radius 2 is 2.11 bits per heavy atom. The lowest BCUT2D eigenvalue weighted by Crippen LogP contribution is -2.21. The maximum Gasteiger partial charge on any atom is 0.0705 e. The summed E-state index contributed by atoms with van der Waals surface area (Å²) in [7, 11) is 0. The molecule has 0 radical (unpaired) electrons. The van der Waals surface area contributed by atoms with Crippen molar-refractivity contribution in [2.75, 3.05) is 12.4 Å². The average Bonchev–Trinajstić information content (AvgIpc) is 2.39. The van der Waals surface area contributed by atoms with Gasteiger partial charge in [0.05, 0.1) is 5.52 Å². The third-order valence-electron chi connectivity index (χ3n) is 3.15. The van der Waals surface area contributed by atoms with E-state index in [9.17, 15) is 0 Å². The van der Waals surface area contributed by atoms with Crippen molar-refractivity contribution >= 4 is 22.5 Å². The van der Waals surface area contributed by atoms with Gasteiger partial charge in [-0.2, -0.15) is 0 Å². The highest BCUT2D eigenvalue weighted by molar-refractivity contribution is 6.17. The predicted molar refractivity (Wildman–Crippen MR) is 78.0 cm³/mol. The molecule has 0 fully saturated rings. The van der Waals surface area contributed by atoms with Crippen molar-refractivity contribution < 1.29 is 0 Å². The summed E-state index contributed by atoms with van der Waals surface area (Å²) in [5.74, 6) is 1.36. The first-order valence-corrected chi connectivity index (χ1v) is 6.94. The van der Waals surface area contributed by atoms with Crippen molar-refractivity contribution in [1.82, 2.24) is 10.3 Å². The van der Waals surface area contributed by atoms with Crippen LogP contribution in [-0.4, -0.2) is 17.4 Å². The number of benzene rings is 1. The number of nitrogens with zero attached hydrogens (tertiary/aromatic N) is 1. The highest BCUT2D eigenvalue weighted by Gasteiger charge is 2.03. The van der Waals surface area contributed by atoms with Gasteiger partial charge in [0, 0.05) is 24.0 Å². The topological polar surface area (TPSA) is 24.9 Å². The molecule has 1 atom stereocenters. The van der Waals surface area contributed by atoms with E-state index in [0.29, 0.717) is 5.92 Å². The number of para-hydroxylation sites is 1. The van der Waals surface area contributed by atoms with Gasteiger partial charge in [-0.3, -0.25) is 4.98 Å². The van der Waals surface area contributed by atoms with Crippen molar-refractivity contribution in [2.24, 2.45) is 5.92 Å². The van der Waals surface area contributed by atoms with Crippen molar-refractivity contribution in [1.29, 1.82) is 0 Å². The average molecular weight is 263 g/mol. The molecule has 0 bridgehead atoms. The maximum absolute atomic E-state index is 5.73. The molecule has 3 heteroatoms. The number of rotatable bonds is 6. The minimum absolute atomic E-state index is 0.621. The van der Waals surface area contributed by atoms with Crippen LogP contribution in [0.25, 0.3) is 10.9 Å². The summed E-state index contributed by atoms with van der Waals surface area (Å²) in [5.41, 5.74) is 2.37. The zero-order valence-corrected chi connectivity index (χ0v) is 11.5. The molecule has 2 aromatic rings. The van der Waals surface area contributed by atoms with E-state index in [1.165, 1.54) is 10.9 Å². The minimum Gasteiger partial charge on any atom is -0.312 e. The quantitative estimate of drug-likeness (QED) is 0.805. The first-order valence-electron chi connectivity index (χ1n) is 6.40. The monoisotopic (exact) mass is 262 g/mol. The standard InChI is InChI=1S/C15H19ClN2/c1-12(6-8-16)10-17-11-13-7-9-18-15-5-3-2-4-14(13)15/h2-5,7,9,12,17H,6,8,10-11H2,1H3. The predicted octanol–water partition coefficient (Wildman–Crippen LogP) is 3.59. The molecule has 0 saturated heterocycles. The van der Waals surface area contributed by atoms with Crippen molar-refractivity contribution in [3.05, 3.63) is 42.1 Å². The van der Waals surface area contributed by atoms with E-state index < -0.39 is 0 Å². The highest BCUT2D eigenvalue weighted by Crippen LogP contribution is 2.15. The normalized spacial score (nSPS) is 12.8. The molecule has 1 N–H and O–H groups in total. The Balaban J connectivity index is 1.99. The molecule has 1 unspecified atom stereocenters. The van der Waals surface area contributed by atoms with Gasteiger partial charge in [0.1, 0.15) is 0 Å². The number of hydrogen-bond donors (Lipinski definition) is 1. The van der Waals surface area contributed by atoms with Crippen molar-refractivity contribution in [2.45, 2.75) is 19.9 Å². The molecule has 0 aliphatic rings. The van der Waals surface area contributed by atoms with Crippen molar-refractivity contribution in [3.63, 3.8) is 0 Å². The fraction of sp³-hybridized carbons (Fsp3) is 0.400. The third-order valence-corrected chi connectivity index (χ3v) is 3.37. The first kappa shape index (κ1) is 13.3. The first-order chi connectivity index (χ1) is 8.81. The molecule has 0 spiro atoms. The van der Waals surface area contributed by atoms with Crippen LogP contribution in [0.2, 0.25) is 0 Å².